The number of aromatic amines is 1. The van der Waals surface area contributed by atoms with Crippen LogP contribution in [0, 0.1) is 0 Å². The number of aromatic nitrogens is 1. The van der Waals surface area contributed by atoms with Crippen LogP contribution in [0.15, 0.2) is 60.8 Å². The topological polar surface area (TPSA) is 57.7 Å². The highest BCUT2D eigenvalue weighted by atomic mass is 16.6. The summed E-state index contributed by atoms with van der Waals surface area (Å²) < 4.78 is 11.7. The van der Waals surface area contributed by atoms with Crippen LogP contribution in [0.2, 0.25) is 0 Å². The van der Waals surface area contributed by atoms with E-state index in [1.54, 1.807) is 0 Å². The van der Waals surface area contributed by atoms with Gasteiger partial charge >= 0.3 is 0 Å². The van der Waals surface area contributed by atoms with Crippen LogP contribution in [0.4, 0.5) is 0 Å². The van der Waals surface area contributed by atoms with Gasteiger partial charge in [-0.15, -0.1) is 0 Å². The van der Waals surface area contributed by atoms with Crippen LogP contribution in [0.5, 0.6) is 11.5 Å². The summed E-state index contributed by atoms with van der Waals surface area (Å²) in [6, 6.07) is 16.0. The molecule has 2 N–H and O–H groups in total. The summed E-state index contributed by atoms with van der Waals surface area (Å²) in [6.07, 6.45) is 4.43. The Kier molecular flexibility index (Phi) is 4.55. The molecule has 0 bridgehead atoms. The van der Waals surface area contributed by atoms with Crippen LogP contribution in [0.25, 0.3) is 16.5 Å². The monoisotopic (exact) mass is 376 g/mol. The fourth-order valence-corrected chi connectivity index (χ4v) is 4.07. The van der Waals surface area contributed by atoms with E-state index in [1.807, 2.05) is 24.3 Å². The second kappa shape index (κ2) is 7.34. The Morgan fingerprint density at radius 3 is 2.79 bits per heavy atom. The molecule has 0 saturated carbocycles. The Labute approximate surface area is 164 Å². The number of hydrogen-bond donors (Lipinski definition) is 2. The number of nitrogens with zero attached hydrogens (tertiary/aromatic N) is 1. The molecule has 0 aliphatic carbocycles. The van der Waals surface area contributed by atoms with Crippen LogP contribution in [0.1, 0.15) is 12.0 Å². The minimum absolute atomic E-state index is 0.339. The standard InChI is InChI=1S/C23H24N2O3/c26-20(23-15-27-21-7-3-4-8-22(21)28-23)14-25-11-9-16(10-12-25)18-13-24-19-6-2-1-5-17(18)19/h1-9,13,20,23-24,26H,10-12,14-15H2. The summed E-state index contributed by atoms with van der Waals surface area (Å²) in [7, 11) is 0. The fourth-order valence-electron chi connectivity index (χ4n) is 4.07. The first kappa shape index (κ1) is 17.3. The number of aliphatic hydroxyl groups excluding tert-OH is 1. The third-order valence-electron chi connectivity index (χ3n) is 5.63. The molecule has 0 saturated heterocycles. The Balaban J connectivity index is 1.22. The van der Waals surface area contributed by atoms with Crippen molar-refractivity contribution < 1.29 is 14.6 Å². The van der Waals surface area contributed by atoms with E-state index in [9.17, 15) is 5.11 Å². The van der Waals surface area contributed by atoms with E-state index in [-0.39, 0.29) is 6.10 Å². The number of β-amino-alcohol motifs (C(OH)–C–C–N with tert-alkyl or cyclic N) is 1. The van der Waals surface area contributed by atoms with Crippen molar-refractivity contribution in [3.8, 4) is 11.5 Å². The molecule has 3 aromatic rings. The maximum Gasteiger partial charge on any atom is 0.161 e. The fraction of sp³-hybridized carbons (Fsp3) is 0.304. The van der Waals surface area contributed by atoms with Crippen molar-refractivity contribution in [3.63, 3.8) is 0 Å². The van der Waals surface area contributed by atoms with E-state index in [0.717, 1.165) is 25.3 Å². The largest absolute Gasteiger partial charge is 0.486 e. The first-order valence-corrected chi connectivity index (χ1v) is 9.82. The minimum atomic E-state index is -0.587. The summed E-state index contributed by atoms with van der Waals surface area (Å²) in [4.78, 5) is 5.63. The summed E-state index contributed by atoms with van der Waals surface area (Å²) in [5.74, 6) is 1.45. The molecule has 5 heteroatoms. The number of nitrogens with one attached hydrogen (secondary N) is 1. The van der Waals surface area contributed by atoms with Crippen molar-refractivity contribution in [3.05, 3.63) is 66.4 Å². The zero-order valence-electron chi connectivity index (χ0n) is 15.7. The Morgan fingerprint density at radius 1 is 1.11 bits per heavy atom. The lowest BCUT2D eigenvalue weighted by atomic mass is 9.98. The maximum atomic E-state index is 10.7. The Morgan fingerprint density at radius 2 is 1.93 bits per heavy atom. The predicted octanol–water partition coefficient (Wildman–Crippen LogP) is 3.46. The summed E-state index contributed by atoms with van der Waals surface area (Å²) in [6.45, 7) is 2.71. The molecule has 2 aliphatic heterocycles. The van der Waals surface area contributed by atoms with E-state index in [1.165, 1.54) is 22.0 Å². The molecule has 5 rings (SSSR count). The lowest BCUT2D eigenvalue weighted by Gasteiger charge is -2.33. The first-order chi connectivity index (χ1) is 13.8. The number of ether oxygens (including phenoxy) is 2. The number of aliphatic hydroxyl groups is 1. The zero-order valence-corrected chi connectivity index (χ0v) is 15.7. The smallest absolute Gasteiger partial charge is 0.161 e. The zero-order chi connectivity index (χ0) is 18.9. The Hall–Kier alpha value is -2.76. The van der Waals surface area contributed by atoms with Gasteiger partial charge in [0.25, 0.3) is 0 Å². The van der Waals surface area contributed by atoms with E-state index >= 15 is 0 Å². The highest BCUT2D eigenvalue weighted by Crippen LogP contribution is 2.32. The molecule has 0 fully saturated rings. The van der Waals surface area contributed by atoms with E-state index in [0.29, 0.717) is 18.9 Å². The molecule has 3 heterocycles. The lowest BCUT2D eigenvalue weighted by Crippen LogP contribution is -2.47. The average Bonchev–Trinajstić information content (AvgIpc) is 3.18. The highest BCUT2D eigenvalue weighted by molar-refractivity contribution is 5.92. The molecule has 28 heavy (non-hydrogen) atoms. The lowest BCUT2D eigenvalue weighted by molar-refractivity contribution is -0.0241. The van der Waals surface area contributed by atoms with Crippen molar-refractivity contribution in [2.24, 2.45) is 0 Å². The number of hydrogen-bond acceptors (Lipinski definition) is 4. The van der Waals surface area contributed by atoms with Crippen molar-refractivity contribution in [2.45, 2.75) is 18.6 Å². The van der Waals surface area contributed by atoms with Crippen LogP contribution in [-0.2, 0) is 0 Å². The molecule has 2 atom stereocenters. The third kappa shape index (κ3) is 3.28. The van der Waals surface area contributed by atoms with Crippen molar-refractivity contribution in [2.75, 3.05) is 26.2 Å². The molecule has 0 spiro atoms. The van der Waals surface area contributed by atoms with Crippen molar-refractivity contribution >= 4 is 16.5 Å². The normalized spacial score (nSPS) is 20.8. The number of benzene rings is 2. The van der Waals surface area contributed by atoms with E-state index < -0.39 is 6.10 Å². The van der Waals surface area contributed by atoms with Gasteiger partial charge in [-0.25, -0.2) is 0 Å². The quantitative estimate of drug-likeness (QED) is 0.732. The number of rotatable bonds is 4. The van der Waals surface area contributed by atoms with Gasteiger partial charge in [0, 0.05) is 42.3 Å². The SMILES string of the molecule is OC(CN1CC=C(c2c[nH]c3ccccc23)CC1)C1COc2ccccc2O1. The molecule has 144 valence electrons. The summed E-state index contributed by atoms with van der Waals surface area (Å²) in [5, 5.41) is 11.9. The Bertz CT molecular complexity index is 1010. The molecule has 0 radical (unpaired) electrons. The van der Waals surface area contributed by atoms with Gasteiger partial charge in [0.15, 0.2) is 17.6 Å². The van der Waals surface area contributed by atoms with Gasteiger partial charge in [0.05, 0.1) is 0 Å². The van der Waals surface area contributed by atoms with Gasteiger partial charge in [-0.3, -0.25) is 4.90 Å². The molecular formula is C23H24N2O3. The molecule has 2 aromatic carbocycles. The van der Waals surface area contributed by atoms with Gasteiger partial charge in [-0.05, 0) is 30.2 Å². The molecule has 0 amide bonds. The second-order valence-corrected chi connectivity index (χ2v) is 7.47. The highest BCUT2D eigenvalue weighted by Gasteiger charge is 2.29. The van der Waals surface area contributed by atoms with Gasteiger partial charge in [0.2, 0.25) is 0 Å². The van der Waals surface area contributed by atoms with Crippen LogP contribution in [0.3, 0.4) is 0 Å². The van der Waals surface area contributed by atoms with Crippen LogP contribution < -0.4 is 9.47 Å². The van der Waals surface area contributed by atoms with Gasteiger partial charge in [-0.1, -0.05) is 36.4 Å². The number of para-hydroxylation sites is 3. The number of H-pyrrole nitrogens is 1. The molecule has 2 unspecified atom stereocenters. The summed E-state index contributed by atoms with van der Waals surface area (Å²) in [5.41, 5.74) is 3.83. The van der Waals surface area contributed by atoms with E-state index in [2.05, 4.69) is 46.4 Å². The predicted molar refractivity (Wildman–Crippen MR) is 110 cm³/mol. The minimum Gasteiger partial charge on any atom is -0.486 e. The number of fused-ring (bicyclic) bond motifs is 2. The molecule has 5 nitrogen and oxygen atoms in total. The van der Waals surface area contributed by atoms with Gasteiger partial charge in [0.1, 0.15) is 12.7 Å². The molecular weight excluding hydrogens is 352 g/mol. The van der Waals surface area contributed by atoms with Crippen LogP contribution >= 0.6 is 0 Å². The molecule has 2 aliphatic rings. The maximum absolute atomic E-state index is 10.7. The van der Waals surface area contributed by atoms with Gasteiger partial charge in [-0.2, -0.15) is 0 Å². The van der Waals surface area contributed by atoms with Gasteiger partial charge < -0.3 is 19.6 Å². The van der Waals surface area contributed by atoms with E-state index in [4.69, 9.17) is 9.47 Å². The summed E-state index contributed by atoms with van der Waals surface area (Å²) >= 11 is 0. The van der Waals surface area contributed by atoms with Crippen molar-refractivity contribution in [1.82, 2.24) is 9.88 Å². The average molecular weight is 376 g/mol. The molecule has 1 aromatic heterocycles. The first-order valence-electron chi connectivity index (χ1n) is 9.82. The van der Waals surface area contributed by atoms with Crippen molar-refractivity contribution in [1.29, 1.82) is 0 Å². The second-order valence-electron chi connectivity index (χ2n) is 7.47. The van der Waals surface area contributed by atoms with Crippen LogP contribution in [-0.4, -0.2) is 53.4 Å². The third-order valence-corrected chi connectivity index (χ3v) is 5.63.